The number of aliphatic hydroxyl groups excluding tert-OH is 1. The van der Waals surface area contributed by atoms with Crippen LogP contribution in [0.3, 0.4) is 0 Å². The first-order chi connectivity index (χ1) is 5.20. The highest BCUT2D eigenvalue weighted by atomic mass is 127. The van der Waals surface area contributed by atoms with E-state index in [9.17, 15) is 0 Å². The van der Waals surface area contributed by atoms with Crippen molar-refractivity contribution >= 4 is 30.4 Å². The molecule has 0 saturated heterocycles. The second-order valence-corrected chi connectivity index (χ2v) is 4.05. The molecule has 0 radical (unpaired) electrons. The van der Waals surface area contributed by atoms with Crippen molar-refractivity contribution in [1.82, 2.24) is 0 Å². The van der Waals surface area contributed by atoms with Gasteiger partial charge in [-0.2, -0.15) is 0 Å². The van der Waals surface area contributed by atoms with Gasteiger partial charge in [0.2, 0.25) is 0 Å². The third kappa shape index (κ3) is 7.36. The predicted molar refractivity (Wildman–Crippen MR) is 57.7 cm³/mol. The maximum absolute atomic E-state index is 9.08. The number of rotatable bonds is 6. The highest BCUT2D eigenvalue weighted by Crippen LogP contribution is 2.21. The molecule has 0 aromatic rings. The third-order valence-electron chi connectivity index (χ3n) is 1.39. The maximum atomic E-state index is 9.08. The zero-order chi connectivity index (χ0) is 8.69. The Morgan fingerprint density at radius 1 is 1.64 bits per heavy atom. The molecule has 2 atom stereocenters. The van der Waals surface area contributed by atoms with Gasteiger partial charge in [0.05, 0.1) is 21.4 Å². The van der Waals surface area contributed by atoms with Gasteiger partial charge in [0.1, 0.15) is 0 Å². The van der Waals surface area contributed by atoms with Gasteiger partial charge in [-0.05, 0) is 13.3 Å². The molecule has 0 heterocycles. The molecule has 0 saturated carbocycles. The molecular formula is C7H15IO2S. The molecule has 0 aromatic carbocycles. The molecule has 0 aliphatic heterocycles. The Labute approximate surface area is 84.9 Å². The second-order valence-electron chi connectivity index (χ2n) is 2.65. The minimum Gasteiger partial charge on any atom is -0.393 e. The highest BCUT2D eigenvalue weighted by Gasteiger charge is 2.10. The molecule has 0 bridgehead atoms. The number of hydrogen-bond donors (Lipinski definition) is 1. The van der Waals surface area contributed by atoms with Gasteiger partial charge in [0, 0.05) is 27.6 Å². The van der Waals surface area contributed by atoms with Crippen LogP contribution in [-0.2, 0) is 4.18 Å². The van der Waals surface area contributed by atoms with Crippen LogP contribution in [0.1, 0.15) is 33.1 Å². The summed E-state index contributed by atoms with van der Waals surface area (Å²) in [7, 11) is 1.35. The van der Waals surface area contributed by atoms with Crippen LogP contribution in [-0.4, -0.2) is 17.3 Å². The number of halogens is 1. The first kappa shape index (κ1) is 12.0. The Kier molecular flexibility index (Phi) is 8.33. The molecular weight excluding hydrogens is 275 g/mol. The van der Waals surface area contributed by atoms with E-state index in [1.54, 1.807) is 6.92 Å². The highest BCUT2D eigenvalue weighted by molar-refractivity contribution is 14.2. The SMILES string of the molecule is CCCC(CC(C)O)OSI. The monoisotopic (exact) mass is 290 g/mol. The van der Waals surface area contributed by atoms with Crippen LogP contribution < -0.4 is 0 Å². The van der Waals surface area contributed by atoms with Gasteiger partial charge in [-0.25, -0.2) is 0 Å². The molecule has 2 unspecified atom stereocenters. The summed E-state index contributed by atoms with van der Waals surface area (Å²) in [6.07, 6.45) is 2.83. The van der Waals surface area contributed by atoms with Crippen molar-refractivity contribution in [2.24, 2.45) is 0 Å². The fraction of sp³-hybridized carbons (Fsp3) is 1.00. The Hall–Kier alpha value is 1.00. The second kappa shape index (κ2) is 7.64. The largest absolute Gasteiger partial charge is 0.393 e. The molecule has 0 aliphatic carbocycles. The normalized spacial score (nSPS) is 16.4. The van der Waals surface area contributed by atoms with E-state index < -0.39 is 0 Å². The summed E-state index contributed by atoms with van der Waals surface area (Å²) in [5, 5.41) is 9.08. The van der Waals surface area contributed by atoms with E-state index in [0.717, 1.165) is 19.3 Å². The summed E-state index contributed by atoms with van der Waals surface area (Å²) in [4.78, 5) is 0. The minimum atomic E-state index is -0.255. The van der Waals surface area contributed by atoms with Crippen LogP contribution in [0.15, 0.2) is 0 Å². The lowest BCUT2D eigenvalue weighted by Crippen LogP contribution is -2.15. The minimum absolute atomic E-state index is 0.210. The van der Waals surface area contributed by atoms with E-state index >= 15 is 0 Å². The van der Waals surface area contributed by atoms with E-state index in [0.29, 0.717) is 0 Å². The van der Waals surface area contributed by atoms with Crippen molar-refractivity contribution in [2.75, 3.05) is 0 Å². The standard InChI is InChI=1S/C7H15IO2S/c1-3-4-7(10-11-8)5-6(2)9/h6-7,9H,3-5H2,1-2H3. The van der Waals surface area contributed by atoms with Gasteiger partial charge >= 0.3 is 0 Å². The topological polar surface area (TPSA) is 29.5 Å². The predicted octanol–water partition coefficient (Wildman–Crippen LogP) is 2.94. The molecule has 0 aromatic heterocycles. The third-order valence-corrected chi connectivity index (χ3v) is 2.35. The van der Waals surface area contributed by atoms with E-state index in [4.69, 9.17) is 9.29 Å². The van der Waals surface area contributed by atoms with Gasteiger partial charge in [0.15, 0.2) is 0 Å². The molecule has 0 amide bonds. The Morgan fingerprint density at radius 2 is 2.27 bits per heavy atom. The average molecular weight is 290 g/mol. The fourth-order valence-corrected chi connectivity index (χ4v) is 2.12. The Morgan fingerprint density at radius 3 is 2.64 bits per heavy atom. The Balaban J connectivity index is 3.50. The van der Waals surface area contributed by atoms with Crippen molar-refractivity contribution in [1.29, 1.82) is 0 Å². The van der Waals surface area contributed by atoms with Crippen LogP contribution in [0, 0.1) is 0 Å². The smallest absolute Gasteiger partial charge is 0.0756 e. The van der Waals surface area contributed by atoms with Crippen molar-refractivity contribution < 1.29 is 9.29 Å². The molecule has 0 aliphatic rings. The van der Waals surface area contributed by atoms with Gasteiger partial charge in [-0.1, -0.05) is 13.3 Å². The summed E-state index contributed by atoms with van der Waals surface area (Å²) in [6.45, 7) is 3.92. The van der Waals surface area contributed by atoms with Gasteiger partial charge in [-0.3, -0.25) is 0 Å². The van der Waals surface area contributed by atoms with Crippen molar-refractivity contribution in [2.45, 2.75) is 45.3 Å². The number of aliphatic hydroxyl groups is 1. The van der Waals surface area contributed by atoms with Crippen LogP contribution >= 0.6 is 30.4 Å². The lowest BCUT2D eigenvalue weighted by atomic mass is 10.1. The molecule has 0 fully saturated rings. The average Bonchev–Trinajstić information content (AvgIpc) is 1.87. The summed E-state index contributed by atoms with van der Waals surface area (Å²) < 4.78 is 5.34. The van der Waals surface area contributed by atoms with Crippen LogP contribution in [0.5, 0.6) is 0 Å². The van der Waals surface area contributed by atoms with Crippen molar-refractivity contribution in [3.05, 3.63) is 0 Å². The van der Waals surface area contributed by atoms with Crippen LogP contribution in [0.4, 0.5) is 0 Å². The quantitative estimate of drug-likeness (QED) is 0.602. The summed E-state index contributed by atoms with van der Waals surface area (Å²) in [5.41, 5.74) is 0. The van der Waals surface area contributed by atoms with E-state index in [1.807, 2.05) is 0 Å². The molecule has 1 N–H and O–H groups in total. The molecule has 0 spiro atoms. The fourth-order valence-electron chi connectivity index (χ4n) is 0.959. The van der Waals surface area contributed by atoms with Crippen LogP contribution in [0.25, 0.3) is 0 Å². The van der Waals surface area contributed by atoms with Crippen molar-refractivity contribution in [3.63, 3.8) is 0 Å². The molecule has 68 valence electrons. The van der Waals surface area contributed by atoms with E-state index in [2.05, 4.69) is 28.1 Å². The van der Waals surface area contributed by atoms with Crippen molar-refractivity contribution in [3.8, 4) is 0 Å². The zero-order valence-electron chi connectivity index (χ0n) is 6.92. The molecule has 2 nitrogen and oxygen atoms in total. The maximum Gasteiger partial charge on any atom is 0.0756 e. The van der Waals surface area contributed by atoms with E-state index in [-0.39, 0.29) is 12.2 Å². The first-order valence-electron chi connectivity index (χ1n) is 3.82. The lowest BCUT2D eigenvalue weighted by molar-refractivity contribution is 0.115. The lowest BCUT2D eigenvalue weighted by Gasteiger charge is -2.15. The van der Waals surface area contributed by atoms with Gasteiger partial charge < -0.3 is 9.29 Å². The van der Waals surface area contributed by atoms with Gasteiger partial charge in [0.25, 0.3) is 0 Å². The van der Waals surface area contributed by atoms with E-state index in [1.165, 1.54) is 9.21 Å². The first-order valence-corrected chi connectivity index (χ1v) is 7.11. The number of hydrogen-bond acceptors (Lipinski definition) is 3. The van der Waals surface area contributed by atoms with Gasteiger partial charge in [-0.15, -0.1) is 0 Å². The molecule has 0 rings (SSSR count). The summed E-state index contributed by atoms with van der Waals surface area (Å²) in [6, 6.07) is 0. The summed E-state index contributed by atoms with van der Waals surface area (Å²) in [5.74, 6) is 0. The molecule has 4 heteroatoms. The zero-order valence-corrected chi connectivity index (χ0v) is 9.89. The van der Waals surface area contributed by atoms with Crippen LogP contribution in [0.2, 0.25) is 0 Å². The summed E-state index contributed by atoms with van der Waals surface area (Å²) >= 11 is 2.10. The molecule has 11 heavy (non-hydrogen) atoms. The Bertz CT molecular complexity index is 84.5.